The molecule has 1 fully saturated rings. The van der Waals surface area contributed by atoms with Crippen molar-refractivity contribution in [2.24, 2.45) is 5.41 Å². The summed E-state index contributed by atoms with van der Waals surface area (Å²) in [5.74, 6) is -2.04. The van der Waals surface area contributed by atoms with Crippen LogP contribution in [0.1, 0.15) is 32.6 Å². The molecule has 3 aromatic rings. The van der Waals surface area contributed by atoms with Crippen LogP contribution in [0.3, 0.4) is 0 Å². The molecule has 0 aromatic carbocycles. The highest BCUT2D eigenvalue weighted by atomic mass is 127. The van der Waals surface area contributed by atoms with Gasteiger partial charge in [0.1, 0.15) is 15.0 Å². The third kappa shape index (κ3) is 3.32. The Kier molecular flexibility index (Phi) is 4.91. The zero-order valence-corrected chi connectivity index (χ0v) is 17.6. The third-order valence-electron chi connectivity index (χ3n) is 5.59. The fourth-order valence-electron chi connectivity index (χ4n) is 3.73. The van der Waals surface area contributed by atoms with Gasteiger partial charge >= 0.3 is 5.97 Å². The summed E-state index contributed by atoms with van der Waals surface area (Å²) in [5, 5.41) is 13.3. The van der Waals surface area contributed by atoms with E-state index in [2.05, 4.69) is 47.8 Å². The van der Waals surface area contributed by atoms with E-state index in [1.807, 2.05) is 0 Å². The molecule has 3 aromatic heterocycles. The summed E-state index contributed by atoms with van der Waals surface area (Å²) in [4.78, 5) is 27.2. The summed E-state index contributed by atoms with van der Waals surface area (Å²) in [5.41, 5.74) is -0.154. The number of halogens is 3. The number of hydrogen-bond acceptors (Lipinski definition) is 5. The lowest BCUT2D eigenvalue weighted by Crippen LogP contribution is -2.54. The number of hydrogen-bond donors (Lipinski definition) is 3. The van der Waals surface area contributed by atoms with Gasteiger partial charge in [0.05, 0.1) is 17.8 Å². The van der Waals surface area contributed by atoms with Crippen molar-refractivity contribution in [3.8, 4) is 11.4 Å². The van der Waals surface area contributed by atoms with Gasteiger partial charge in [-0.25, -0.2) is 23.7 Å². The van der Waals surface area contributed by atoms with Crippen LogP contribution in [-0.4, -0.2) is 34.6 Å². The monoisotopic (exact) mass is 513 g/mol. The number of aliphatic carboxylic acids is 1. The summed E-state index contributed by atoms with van der Waals surface area (Å²) in [7, 11) is 0. The lowest BCUT2D eigenvalue weighted by molar-refractivity contribution is -0.150. The summed E-state index contributed by atoms with van der Waals surface area (Å²) < 4.78 is 27.3. The summed E-state index contributed by atoms with van der Waals surface area (Å²) in [6.07, 6.45) is 6.35. The molecule has 152 valence electrons. The second kappa shape index (κ2) is 7.15. The number of carboxylic acid groups (broad SMARTS) is 1. The molecule has 29 heavy (non-hydrogen) atoms. The third-order valence-corrected chi connectivity index (χ3v) is 7.59. The standard InChI is InChI=1S/C19H18F2IN5O2/c1-18(17(28)29)4-2-3-5-19(18,22)27-16-13(21)9-25-15(26-16)12-8-24-14-11(12)6-10(20)7-23-14/h6-9H,2-5H2,1H3,(H,23,24)(H,28,29)(H,25,26,27)/t18-,19+/m1/s1. The molecule has 3 N–H and O–H groups in total. The van der Waals surface area contributed by atoms with E-state index in [0.717, 1.165) is 25.2 Å². The number of carboxylic acids is 1. The van der Waals surface area contributed by atoms with Crippen LogP contribution in [0.25, 0.3) is 22.4 Å². The van der Waals surface area contributed by atoms with Gasteiger partial charge in [0.2, 0.25) is 0 Å². The Morgan fingerprint density at radius 2 is 2.03 bits per heavy atom. The van der Waals surface area contributed by atoms with Gasteiger partial charge in [-0.05, 0) is 25.8 Å². The molecule has 1 aliphatic carbocycles. The predicted octanol–water partition coefficient (Wildman–Crippen LogP) is 4.51. The van der Waals surface area contributed by atoms with Gasteiger partial charge in [-0.2, -0.15) is 0 Å². The molecule has 4 rings (SSSR count). The fourth-order valence-corrected chi connectivity index (χ4v) is 4.87. The number of nitrogens with one attached hydrogen (secondary N) is 2. The maximum atomic E-state index is 14.5. The van der Waals surface area contributed by atoms with E-state index < -0.39 is 26.6 Å². The first-order chi connectivity index (χ1) is 13.7. The number of H-pyrrole nitrogens is 1. The smallest absolute Gasteiger partial charge is 0.312 e. The molecule has 1 saturated carbocycles. The normalized spacial score (nSPS) is 24.6. The average Bonchev–Trinajstić information content (AvgIpc) is 3.09. The van der Waals surface area contributed by atoms with Crippen molar-refractivity contribution in [2.45, 2.75) is 36.2 Å². The van der Waals surface area contributed by atoms with Crippen LogP contribution in [-0.2, 0) is 4.79 Å². The van der Waals surface area contributed by atoms with Crippen molar-refractivity contribution < 1.29 is 18.7 Å². The minimum atomic E-state index is -1.09. The van der Waals surface area contributed by atoms with Crippen molar-refractivity contribution in [3.05, 3.63) is 36.3 Å². The van der Waals surface area contributed by atoms with Crippen LogP contribution in [0.4, 0.5) is 14.6 Å². The Bertz CT molecular complexity index is 1110. The van der Waals surface area contributed by atoms with E-state index in [9.17, 15) is 18.7 Å². The molecule has 10 heteroatoms. The number of anilines is 1. The molecular weight excluding hydrogens is 495 g/mol. The zero-order valence-electron chi connectivity index (χ0n) is 15.5. The highest BCUT2D eigenvalue weighted by Crippen LogP contribution is 2.50. The number of pyridine rings is 1. The molecule has 0 radical (unpaired) electrons. The van der Waals surface area contributed by atoms with Gasteiger partial charge in [0.15, 0.2) is 17.5 Å². The lowest BCUT2D eigenvalue weighted by atomic mass is 9.71. The molecule has 1 aliphatic rings. The molecule has 0 spiro atoms. The maximum Gasteiger partial charge on any atom is 0.312 e. The van der Waals surface area contributed by atoms with Crippen molar-refractivity contribution in [1.29, 1.82) is 0 Å². The highest BCUT2D eigenvalue weighted by Gasteiger charge is 2.54. The van der Waals surface area contributed by atoms with Gasteiger partial charge in [-0.15, -0.1) is 0 Å². The molecular formula is C19H18F2IN5O2. The molecule has 3 heterocycles. The van der Waals surface area contributed by atoms with E-state index >= 15 is 0 Å². The number of carbonyl (C=O) groups is 1. The second-order valence-corrected chi connectivity index (χ2v) is 9.25. The van der Waals surface area contributed by atoms with E-state index in [1.54, 1.807) is 13.1 Å². The van der Waals surface area contributed by atoms with Crippen molar-refractivity contribution in [1.82, 2.24) is 19.9 Å². The van der Waals surface area contributed by atoms with Gasteiger partial charge in [0, 0.05) is 17.1 Å². The van der Waals surface area contributed by atoms with E-state index in [4.69, 9.17) is 0 Å². The maximum absolute atomic E-state index is 14.5. The molecule has 0 saturated heterocycles. The Labute approximate surface area is 178 Å². The second-order valence-electron chi connectivity index (χ2n) is 7.41. The molecule has 0 aliphatic heterocycles. The number of aromatic amines is 1. The van der Waals surface area contributed by atoms with Gasteiger partial charge in [-0.1, -0.05) is 35.4 Å². The van der Waals surface area contributed by atoms with Gasteiger partial charge < -0.3 is 15.4 Å². The Morgan fingerprint density at radius 3 is 2.79 bits per heavy atom. The van der Waals surface area contributed by atoms with Gasteiger partial charge in [0.25, 0.3) is 0 Å². The predicted molar refractivity (Wildman–Crippen MR) is 112 cm³/mol. The highest BCUT2D eigenvalue weighted by molar-refractivity contribution is 14.1. The minimum absolute atomic E-state index is 0.0857. The lowest BCUT2D eigenvalue weighted by Gasteiger charge is -2.46. The largest absolute Gasteiger partial charge is 0.481 e. The first kappa shape index (κ1) is 19.9. The molecule has 0 bridgehead atoms. The first-order valence-electron chi connectivity index (χ1n) is 9.09. The molecule has 2 atom stereocenters. The van der Waals surface area contributed by atoms with Crippen LogP contribution in [0.2, 0.25) is 0 Å². The van der Waals surface area contributed by atoms with E-state index in [1.165, 1.54) is 6.07 Å². The van der Waals surface area contributed by atoms with Crippen LogP contribution >= 0.6 is 22.6 Å². The Hall–Kier alpha value is -2.37. The number of aromatic nitrogens is 4. The van der Waals surface area contributed by atoms with Crippen LogP contribution < -0.4 is 5.32 Å². The number of alkyl halides is 1. The molecule has 0 unspecified atom stereocenters. The summed E-state index contributed by atoms with van der Waals surface area (Å²) >= 11 is 2.06. The van der Waals surface area contributed by atoms with E-state index in [0.29, 0.717) is 29.4 Å². The first-order valence-corrected chi connectivity index (χ1v) is 10.2. The summed E-state index contributed by atoms with van der Waals surface area (Å²) in [6.45, 7) is 1.67. The Balaban J connectivity index is 1.76. The van der Waals surface area contributed by atoms with Crippen molar-refractivity contribution >= 4 is 45.4 Å². The van der Waals surface area contributed by atoms with Crippen molar-refractivity contribution in [3.63, 3.8) is 0 Å². The number of nitrogens with zero attached hydrogens (tertiary/aromatic N) is 3. The SMILES string of the molecule is C[C@]1(C(=O)O)CCCC[C@]1(I)Nc1nc(-c2c[nH]c3ncc(F)cc23)ncc1F. The number of rotatable bonds is 4. The Morgan fingerprint density at radius 1 is 1.28 bits per heavy atom. The average molecular weight is 513 g/mol. The minimum Gasteiger partial charge on any atom is -0.481 e. The van der Waals surface area contributed by atoms with Crippen LogP contribution in [0.5, 0.6) is 0 Å². The van der Waals surface area contributed by atoms with E-state index in [-0.39, 0.29) is 11.6 Å². The molecule has 0 amide bonds. The van der Waals surface area contributed by atoms with Crippen LogP contribution in [0.15, 0.2) is 24.7 Å². The number of fused-ring (bicyclic) bond motifs is 1. The van der Waals surface area contributed by atoms with Gasteiger partial charge in [-0.3, -0.25) is 4.79 Å². The topological polar surface area (TPSA) is 104 Å². The summed E-state index contributed by atoms with van der Waals surface area (Å²) in [6, 6.07) is 1.30. The van der Waals surface area contributed by atoms with Crippen molar-refractivity contribution in [2.75, 3.05) is 5.32 Å². The quantitative estimate of drug-likeness (QED) is 0.270. The zero-order chi connectivity index (χ0) is 20.8. The molecule has 7 nitrogen and oxygen atoms in total. The van der Waals surface area contributed by atoms with Crippen LogP contribution in [0, 0.1) is 17.0 Å². The fraction of sp³-hybridized carbons (Fsp3) is 0.368.